The summed E-state index contributed by atoms with van der Waals surface area (Å²) in [6.07, 6.45) is 1.15. The molecule has 0 radical (unpaired) electrons. The van der Waals surface area contributed by atoms with E-state index in [0.717, 1.165) is 26.1 Å². The molecule has 1 fully saturated rings. The predicted molar refractivity (Wildman–Crippen MR) is 48.9 cm³/mol. The monoisotopic (exact) mass is 170 g/mol. The Balaban J connectivity index is 2.34. The smallest absolute Gasteiger partial charge is 0.236 e. The Kier molecular flexibility index (Phi) is 3.53. The first-order valence-electron chi connectivity index (χ1n) is 4.72. The maximum absolute atomic E-state index is 11.3. The molecule has 0 spiro atoms. The highest BCUT2D eigenvalue weighted by Crippen LogP contribution is 2.05. The van der Waals surface area contributed by atoms with Crippen molar-refractivity contribution in [3.05, 3.63) is 0 Å². The Bertz CT molecular complexity index is 159. The average Bonchev–Trinajstić information content (AvgIpc) is 2.09. The Hall–Kier alpha value is -0.570. The first-order chi connectivity index (χ1) is 5.74. The van der Waals surface area contributed by atoms with Crippen LogP contribution in [0.5, 0.6) is 0 Å². The van der Waals surface area contributed by atoms with Crippen LogP contribution in [0.1, 0.15) is 20.3 Å². The van der Waals surface area contributed by atoms with Crippen LogP contribution < -0.4 is 5.32 Å². The van der Waals surface area contributed by atoms with Gasteiger partial charge >= 0.3 is 0 Å². The SMILES string of the molecule is CCC(C)CN1CCNCC1=O. The fraction of sp³-hybridized carbons (Fsp3) is 0.889. The number of nitrogens with one attached hydrogen (secondary N) is 1. The third kappa shape index (κ3) is 2.48. The van der Waals surface area contributed by atoms with Gasteiger partial charge in [0.05, 0.1) is 6.54 Å². The van der Waals surface area contributed by atoms with Gasteiger partial charge < -0.3 is 10.2 Å². The molecular weight excluding hydrogens is 152 g/mol. The molecule has 1 saturated heterocycles. The second-order valence-electron chi connectivity index (χ2n) is 3.53. The molecule has 12 heavy (non-hydrogen) atoms. The highest BCUT2D eigenvalue weighted by molar-refractivity contribution is 5.78. The molecule has 1 unspecified atom stereocenters. The van der Waals surface area contributed by atoms with Crippen molar-refractivity contribution in [1.82, 2.24) is 10.2 Å². The molecule has 1 aliphatic heterocycles. The molecule has 1 rings (SSSR count). The topological polar surface area (TPSA) is 32.3 Å². The van der Waals surface area contributed by atoms with Crippen LogP contribution in [0.15, 0.2) is 0 Å². The maximum atomic E-state index is 11.3. The van der Waals surface area contributed by atoms with Crippen molar-refractivity contribution in [1.29, 1.82) is 0 Å². The number of hydrogen-bond acceptors (Lipinski definition) is 2. The number of hydrogen-bond donors (Lipinski definition) is 1. The summed E-state index contributed by atoms with van der Waals surface area (Å²) < 4.78 is 0. The fourth-order valence-electron chi connectivity index (χ4n) is 1.34. The van der Waals surface area contributed by atoms with Gasteiger partial charge in [0.2, 0.25) is 5.91 Å². The Morgan fingerprint density at radius 1 is 1.67 bits per heavy atom. The quantitative estimate of drug-likeness (QED) is 0.667. The van der Waals surface area contributed by atoms with E-state index in [-0.39, 0.29) is 5.91 Å². The summed E-state index contributed by atoms with van der Waals surface area (Å²) in [6.45, 7) is 7.63. The molecule has 1 amide bonds. The zero-order valence-electron chi connectivity index (χ0n) is 7.97. The molecule has 0 aromatic rings. The first kappa shape index (κ1) is 9.52. The van der Waals surface area contributed by atoms with Crippen molar-refractivity contribution in [2.45, 2.75) is 20.3 Å². The molecule has 1 atom stereocenters. The second-order valence-corrected chi connectivity index (χ2v) is 3.53. The number of amides is 1. The van der Waals surface area contributed by atoms with Crippen molar-refractivity contribution in [2.24, 2.45) is 5.92 Å². The van der Waals surface area contributed by atoms with Gasteiger partial charge in [0.1, 0.15) is 0 Å². The molecular formula is C9H18N2O. The van der Waals surface area contributed by atoms with Crippen LogP contribution in [0, 0.1) is 5.92 Å². The van der Waals surface area contributed by atoms with Gasteiger partial charge in [0.15, 0.2) is 0 Å². The summed E-state index contributed by atoms with van der Waals surface area (Å²) >= 11 is 0. The molecule has 0 saturated carbocycles. The summed E-state index contributed by atoms with van der Waals surface area (Å²) in [4.78, 5) is 13.3. The minimum absolute atomic E-state index is 0.251. The molecule has 3 nitrogen and oxygen atoms in total. The van der Waals surface area contributed by atoms with Crippen LogP contribution in [0.4, 0.5) is 0 Å². The van der Waals surface area contributed by atoms with Crippen molar-refractivity contribution in [2.75, 3.05) is 26.2 Å². The van der Waals surface area contributed by atoms with Crippen LogP contribution in [0.2, 0.25) is 0 Å². The van der Waals surface area contributed by atoms with Gasteiger partial charge in [-0.15, -0.1) is 0 Å². The Morgan fingerprint density at radius 2 is 2.42 bits per heavy atom. The number of carbonyl (C=O) groups excluding carboxylic acids is 1. The van der Waals surface area contributed by atoms with E-state index in [2.05, 4.69) is 19.2 Å². The van der Waals surface area contributed by atoms with Gasteiger partial charge in [-0.2, -0.15) is 0 Å². The van der Waals surface area contributed by atoms with Crippen molar-refractivity contribution in [3.8, 4) is 0 Å². The molecule has 1 heterocycles. The predicted octanol–water partition coefficient (Wildman–Crippen LogP) is 0.464. The second kappa shape index (κ2) is 4.45. The largest absolute Gasteiger partial charge is 0.340 e. The van der Waals surface area contributed by atoms with Crippen LogP contribution in [0.3, 0.4) is 0 Å². The number of carbonyl (C=O) groups is 1. The Labute approximate surface area is 74.1 Å². The Morgan fingerprint density at radius 3 is 3.00 bits per heavy atom. The van der Waals surface area contributed by atoms with E-state index in [1.807, 2.05) is 4.90 Å². The summed E-state index contributed by atoms with van der Waals surface area (Å²) in [6, 6.07) is 0. The number of piperazine rings is 1. The molecule has 1 aliphatic rings. The number of rotatable bonds is 3. The summed E-state index contributed by atoms with van der Waals surface area (Å²) in [5.74, 6) is 0.883. The van der Waals surface area contributed by atoms with E-state index in [9.17, 15) is 4.79 Å². The van der Waals surface area contributed by atoms with E-state index in [1.54, 1.807) is 0 Å². The molecule has 1 N–H and O–H groups in total. The lowest BCUT2D eigenvalue weighted by Crippen LogP contribution is -2.49. The highest BCUT2D eigenvalue weighted by atomic mass is 16.2. The van der Waals surface area contributed by atoms with Gasteiger partial charge in [-0.1, -0.05) is 20.3 Å². The molecule has 0 aromatic carbocycles. The van der Waals surface area contributed by atoms with Crippen LogP contribution in [-0.2, 0) is 4.79 Å². The maximum Gasteiger partial charge on any atom is 0.236 e. The van der Waals surface area contributed by atoms with E-state index >= 15 is 0 Å². The van der Waals surface area contributed by atoms with E-state index < -0.39 is 0 Å². The lowest BCUT2D eigenvalue weighted by Gasteiger charge is -2.29. The minimum atomic E-state index is 0.251. The molecule has 0 aromatic heterocycles. The molecule has 70 valence electrons. The lowest BCUT2D eigenvalue weighted by atomic mass is 10.1. The van der Waals surface area contributed by atoms with Crippen LogP contribution >= 0.6 is 0 Å². The average molecular weight is 170 g/mol. The van der Waals surface area contributed by atoms with Gasteiger partial charge in [-0.05, 0) is 5.92 Å². The van der Waals surface area contributed by atoms with Crippen LogP contribution in [0.25, 0.3) is 0 Å². The van der Waals surface area contributed by atoms with Crippen molar-refractivity contribution in [3.63, 3.8) is 0 Å². The summed E-state index contributed by atoms with van der Waals surface area (Å²) in [5, 5.41) is 3.06. The standard InChI is InChI=1S/C9H18N2O/c1-3-8(2)7-11-5-4-10-6-9(11)12/h8,10H,3-7H2,1-2H3. The van der Waals surface area contributed by atoms with Gasteiger partial charge in [-0.25, -0.2) is 0 Å². The summed E-state index contributed by atoms with van der Waals surface area (Å²) in [5.41, 5.74) is 0. The van der Waals surface area contributed by atoms with E-state index in [4.69, 9.17) is 0 Å². The number of nitrogens with zero attached hydrogens (tertiary/aromatic N) is 1. The molecule has 3 heteroatoms. The zero-order chi connectivity index (χ0) is 8.97. The minimum Gasteiger partial charge on any atom is -0.340 e. The third-order valence-electron chi connectivity index (χ3n) is 2.42. The van der Waals surface area contributed by atoms with E-state index in [1.165, 1.54) is 0 Å². The van der Waals surface area contributed by atoms with Gasteiger partial charge in [0, 0.05) is 19.6 Å². The van der Waals surface area contributed by atoms with Gasteiger partial charge in [0.25, 0.3) is 0 Å². The lowest BCUT2D eigenvalue weighted by molar-refractivity contribution is -0.132. The van der Waals surface area contributed by atoms with Crippen molar-refractivity contribution >= 4 is 5.91 Å². The molecule has 0 bridgehead atoms. The van der Waals surface area contributed by atoms with E-state index in [0.29, 0.717) is 12.5 Å². The normalized spacial score (nSPS) is 21.2. The van der Waals surface area contributed by atoms with Gasteiger partial charge in [-0.3, -0.25) is 4.79 Å². The summed E-state index contributed by atoms with van der Waals surface area (Å²) in [7, 11) is 0. The third-order valence-corrected chi connectivity index (χ3v) is 2.42. The van der Waals surface area contributed by atoms with Crippen molar-refractivity contribution < 1.29 is 4.79 Å². The first-order valence-corrected chi connectivity index (χ1v) is 4.72. The van der Waals surface area contributed by atoms with Crippen LogP contribution in [-0.4, -0.2) is 37.0 Å². The zero-order valence-corrected chi connectivity index (χ0v) is 7.97. The molecule has 0 aliphatic carbocycles. The fourth-order valence-corrected chi connectivity index (χ4v) is 1.34. The highest BCUT2D eigenvalue weighted by Gasteiger charge is 2.18.